The van der Waals surface area contributed by atoms with Crippen LogP contribution in [0.2, 0.25) is 0 Å². The van der Waals surface area contributed by atoms with E-state index in [0.29, 0.717) is 0 Å². The number of hydrogen-bond donors (Lipinski definition) is 0. The van der Waals surface area contributed by atoms with Gasteiger partial charge in [-0.2, -0.15) is 0 Å². The van der Waals surface area contributed by atoms with Crippen molar-refractivity contribution in [3.8, 4) is 0 Å². The molecule has 6 bridgehead atoms. The molecule has 9 saturated heterocycles. The molecule has 104 valence electrons. The second kappa shape index (κ2) is 4.42. The standard InChI is InChI=1S/4O3P.3Sn/c4*1-4(2)3;;;/q4*-3;3*+4. The fourth-order valence-electron chi connectivity index (χ4n) is 1.36. The van der Waals surface area contributed by atoms with Gasteiger partial charge in [-0.1, -0.05) is 0 Å². The fourth-order valence-corrected chi connectivity index (χ4v) is 39.9. The zero-order valence-corrected chi connectivity index (χ0v) is 20.3. The predicted octanol–water partition coefficient (Wildman–Crippen LogP) is 1.48. The van der Waals surface area contributed by atoms with Crippen molar-refractivity contribution in [1.29, 1.82) is 0 Å². The molecule has 0 aromatic heterocycles. The van der Waals surface area contributed by atoms with Gasteiger partial charge in [-0.3, -0.25) is 0 Å². The van der Waals surface area contributed by atoms with Crippen LogP contribution in [-0.4, -0.2) is 60.1 Å². The van der Waals surface area contributed by atoms with Crippen molar-refractivity contribution in [3.63, 3.8) is 0 Å². The van der Waals surface area contributed by atoms with Crippen LogP contribution in [0, 0.1) is 0 Å². The van der Waals surface area contributed by atoms with Gasteiger partial charge in [0.15, 0.2) is 0 Å². The Balaban J connectivity index is 1.17. The summed E-state index contributed by atoms with van der Waals surface area (Å²) in [6.45, 7) is 0. The average Bonchev–Trinajstić information content (AvgIpc) is 2.01. The van der Waals surface area contributed by atoms with Crippen LogP contribution < -0.4 is 0 Å². The molecule has 9 heterocycles. The summed E-state index contributed by atoms with van der Waals surface area (Å²) < 4.78 is 64.2. The van der Waals surface area contributed by atoms with E-state index in [-0.39, 0.29) is 0 Å². The van der Waals surface area contributed by atoms with Crippen LogP contribution >= 0.6 is 34.4 Å². The molecule has 19 heavy (non-hydrogen) atoms. The van der Waals surface area contributed by atoms with E-state index >= 15 is 0 Å². The van der Waals surface area contributed by atoms with Gasteiger partial charge in [0.1, 0.15) is 0 Å². The minimum absolute atomic E-state index is 1.16. The molecule has 0 N–H and O–H groups in total. The van der Waals surface area contributed by atoms with Gasteiger partial charge in [-0.25, -0.2) is 0 Å². The maximum absolute atomic E-state index is 5.55. The minimum atomic E-state index is -3.76. The van der Waals surface area contributed by atoms with E-state index in [2.05, 4.69) is 0 Å². The third-order valence-electron chi connectivity index (χ3n) is 2.24. The van der Waals surface area contributed by atoms with Gasteiger partial charge in [0.2, 0.25) is 0 Å². The first-order chi connectivity index (χ1) is 9.14. The van der Waals surface area contributed by atoms with Gasteiger partial charge in [-0.05, 0) is 0 Å². The Labute approximate surface area is 127 Å². The Kier molecular flexibility index (Phi) is 3.23. The van der Waals surface area contributed by atoms with Crippen molar-refractivity contribution < 1.29 is 34.3 Å². The quantitative estimate of drug-likeness (QED) is 0.301. The van der Waals surface area contributed by atoms with Crippen LogP contribution in [0.5, 0.6) is 0 Å². The van der Waals surface area contributed by atoms with Crippen molar-refractivity contribution in [2.45, 2.75) is 0 Å². The molecule has 19 heteroatoms. The Morgan fingerprint density at radius 1 is 0.526 bits per heavy atom. The molecule has 0 aliphatic carbocycles. The molecule has 9 aliphatic rings. The van der Waals surface area contributed by atoms with Gasteiger partial charge in [0, 0.05) is 0 Å². The molecule has 9 fully saturated rings. The van der Waals surface area contributed by atoms with Gasteiger partial charge in [0.05, 0.1) is 0 Å². The molecule has 0 spiro atoms. The first-order valence-electron chi connectivity index (χ1n) is 4.64. The van der Waals surface area contributed by atoms with Crippen molar-refractivity contribution in [3.05, 3.63) is 0 Å². The van der Waals surface area contributed by atoms with Gasteiger partial charge in [0.25, 0.3) is 0 Å². The molecular formula is O12P4Sn3. The molecule has 0 aromatic carbocycles. The predicted molar refractivity (Wildman–Crippen MR) is 58.0 cm³/mol. The van der Waals surface area contributed by atoms with Crippen LogP contribution in [0.25, 0.3) is 0 Å². The van der Waals surface area contributed by atoms with Crippen LogP contribution in [0.15, 0.2) is 0 Å². The first kappa shape index (κ1) is 13.9. The summed E-state index contributed by atoms with van der Waals surface area (Å²) in [4.78, 5) is 0. The van der Waals surface area contributed by atoms with Crippen molar-refractivity contribution in [2.24, 2.45) is 0 Å². The molecule has 9 aliphatic heterocycles. The zero-order chi connectivity index (χ0) is 12.3. The Hall–Kier alpha value is 3.64. The van der Waals surface area contributed by atoms with Gasteiger partial charge in [-0.15, -0.1) is 0 Å². The van der Waals surface area contributed by atoms with E-state index in [1.807, 2.05) is 0 Å². The van der Waals surface area contributed by atoms with E-state index in [0.717, 1.165) is 0 Å². The third-order valence-corrected chi connectivity index (χ3v) is 45.0. The summed E-state index contributed by atoms with van der Waals surface area (Å²) in [5.74, 6) is 0. The van der Waals surface area contributed by atoms with Crippen LogP contribution in [0.4, 0.5) is 0 Å². The summed E-state index contributed by atoms with van der Waals surface area (Å²) in [6, 6.07) is 0. The van der Waals surface area contributed by atoms with Crippen molar-refractivity contribution in [1.82, 2.24) is 0 Å². The van der Waals surface area contributed by atoms with Gasteiger partial charge >= 0.3 is 129 Å². The normalized spacial score (nSPS) is 63.5. The number of rotatable bonds is 6. The molecule has 0 aromatic rings. The Bertz CT molecular complexity index is 354. The van der Waals surface area contributed by atoms with Crippen molar-refractivity contribution in [2.75, 3.05) is 0 Å². The van der Waals surface area contributed by atoms with Crippen molar-refractivity contribution >= 4 is 94.5 Å². The summed E-state index contributed by atoms with van der Waals surface area (Å²) in [5.41, 5.74) is 0. The monoisotopic (exact) mass is 676 g/mol. The van der Waals surface area contributed by atoms with E-state index in [9.17, 15) is 0 Å². The topological polar surface area (TPSA) is 111 Å². The summed E-state index contributed by atoms with van der Waals surface area (Å²) >= 11 is -11.3. The van der Waals surface area contributed by atoms with E-state index in [1.165, 1.54) is 0 Å². The van der Waals surface area contributed by atoms with Crippen LogP contribution in [-0.2, 0) is 34.3 Å². The molecule has 0 saturated carbocycles. The van der Waals surface area contributed by atoms with E-state index in [1.54, 1.807) is 0 Å². The summed E-state index contributed by atoms with van der Waals surface area (Å²) in [7, 11) is -5.36. The van der Waals surface area contributed by atoms with E-state index < -0.39 is 94.5 Å². The molecule has 0 unspecified atom stereocenters. The molecule has 0 amide bonds. The van der Waals surface area contributed by atoms with Crippen LogP contribution in [0.1, 0.15) is 0 Å². The Morgan fingerprint density at radius 3 is 0.947 bits per heavy atom. The molecular weight excluding hydrogens is 672 g/mol. The Morgan fingerprint density at radius 2 is 0.789 bits per heavy atom. The SMILES string of the molecule is [O](P([O][Sn]12[O]P([O]1)[O]2)[O][Sn]12[O]P([O]1)[O]2)[Sn]12[O]P([O]1)[O]2. The summed E-state index contributed by atoms with van der Waals surface area (Å²) in [6.07, 6.45) is 0. The molecule has 0 radical (unpaired) electrons. The third kappa shape index (κ3) is 2.06. The molecule has 0 atom stereocenters. The first-order valence-corrected chi connectivity index (χ1v) is 23.0. The van der Waals surface area contributed by atoms with E-state index in [4.69, 9.17) is 34.3 Å². The second-order valence-electron chi connectivity index (χ2n) is 3.49. The maximum atomic E-state index is 5.55. The van der Waals surface area contributed by atoms with Crippen LogP contribution in [0.3, 0.4) is 0 Å². The summed E-state index contributed by atoms with van der Waals surface area (Å²) in [5, 5.41) is 0. The number of hydrogen-bond acceptors (Lipinski definition) is 12. The average molecular weight is 672 g/mol. The molecule has 12 nitrogen and oxygen atoms in total. The fraction of sp³-hybridized carbons (Fsp3) is 0. The zero-order valence-electron chi connectivity index (χ0n) is 8.19. The molecule has 9 rings (SSSR count). The van der Waals surface area contributed by atoms with Gasteiger partial charge < -0.3 is 0 Å². The second-order valence-corrected chi connectivity index (χ2v) is 34.8.